The molecule has 0 saturated carbocycles. The number of fused-ring (bicyclic) bond motifs is 1. The Kier molecular flexibility index (Phi) is 10.1. The molecule has 2 N–H and O–H groups in total. The lowest BCUT2D eigenvalue weighted by molar-refractivity contribution is -0.723. The van der Waals surface area contributed by atoms with Crippen molar-refractivity contribution in [3.05, 3.63) is 34.9 Å². The van der Waals surface area contributed by atoms with Gasteiger partial charge in [0.25, 0.3) is 5.65 Å². The lowest BCUT2D eigenvalue weighted by Gasteiger charge is -2.25. The second-order valence-electron chi connectivity index (χ2n) is 10.1. The highest BCUT2D eigenvalue weighted by atomic mass is 16.6. The Morgan fingerprint density at radius 2 is 1.74 bits per heavy atom. The van der Waals surface area contributed by atoms with Gasteiger partial charge in [-0.25, -0.2) is 0 Å². The number of rotatable bonds is 14. The molecule has 12 nitrogen and oxygen atoms in total. The van der Waals surface area contributed by atoms with Crippen molar-refractivity contribution >= 4 is 17.4 Å². The SMILES string of the molecule is COCCOc1cc(C(=O)C[n+]2nc3c(C)cc(OC(COC)COC)nn3c2N)cc(C(C)(C)C)c1OC. The molecule has 39 heavy (non-hydrogen) atoms. The molecule has 0 saturated heterocycles. The minimum Gasteiger partial charge on any atom is -0.493 e. The van der Waals surface area contributed by atoms with Crippen molar-refractivity contribution in [1.29, 1.82) is 0 Å². The second-order valence-corrected chi connectivity index (χ2v) is 10.1. The predicted octanol–water partition coefficient (Wildman–Crippen LogP) is 2.16. The van der Waals surface area contributed by atoms with Gasteiger partial charge in [-0.2, -0.15) is 0 Å². The Balaban J connectivity index is 1.96. The van der Waals surface area contributed by atoms with Crippen LogP contribution in [-0.2, 0) is 26.2 Å². The van der Waals surface area contributed by atoms with Crippen LogP contribution in [0.15, 0.2) is 18.2 Å². The van der Waals surface area contributed by atoms with Crippen molar-refractivity contribution in [2.45, 2.75) is 45.8 Å². The number of hydrogen-bond donors (Lipinski definition) is 1. The molecule has 0 spiro atoms. The van der Waals surface area contributed by atoms with Crippen LogP contribution in [0.3, 0.4) is 0 Å². The van der Waals surface area contributed by atoms with E-state index in [1.54, 1.807) is 40.6 Å². The third-order valence-electron chi connectivity index (χ3n) is 6.01. The van der Waals surface area contributed by atoms with E-state index in [4.69, 9.17) is 34.2 Å². The maximum absolute atomic E-state index is 13.5. The number of hydrogen-bond acceptors (Lipinski definition) is 10. The van der Waals surface area contributed by atoms with Crippen molar-refractivity contribution < 1.29 is 37.9 Å². The van der Waals surface area contributed by atoms with Gasteiger partial charge in [-0.15, -0.1) is 4.68 Å². The highest BCUT2D eigenvalue weighted by Gasteiger charge is 2.28. The molecular weight excluding hydrogens is 506 g/mol. The Hall–Kier alpha value is -3.48. The molecule has 1 aromatic carbocycles. The summed E-state index contributed by atoms with van der Waals surface area (Å²) in [7, 11) is 6.36. The summed E-state index contributed by atoms with van der Waals surface area (Å²) >= 11 is 0. The van der Waals surface area contributed by atoms with E-state index in [0.29, 0.717) is 55.0 Å². The van der Waals surface area contributed by atoms with Gasteiger partial charge in [0.05, 0.1) is 26.9 Å². The number of nitrogens with zero attached hydrogens (tertiary/aromatic N) is 4. The van der Waals surface area contributed by atoms with E-state index in [2.05, 4.69) is 10.2 Å². The number of ether oxygens (including phenoxy) is 6. The van der Waals surface area contributed by atoms with Crippen molar-refractivity contribution in [2.24, 2.45) is 0 Å². The molecule has 214 valence electrons. The van der Waals surface area contributed by atoms with E-state index in [9.17, 15) is 4.79 Å². The van der Waals surface area contributed by atoms with Gasteiger partial charge in [0.15, 0.2) is 23.8 Å². The molecule has 0 aliphatic rings. The van der Waals surface area contributed by atoms with Crippen molar-refractivity contribution in [1.82, 2.24) is 14.7 Å². The summed E-state index contributed by atoms with van der Waals surface area (Å²) in [5.74, 6) is 1.38. The van der Waals surface area contributed by atoms with Gasteiger partial charge >= 0.3 is 5.95 Å². The normalized spacial score (nSPS) is 11.8. The fourth-order valence-corrected chi connectivity index (χ4v) is 4.08. The minimum atomic E-state index is -0.352. The number of nitrogens with two attached hydrogens (primary N) is 1. The summed E-state index contributed by atoms with van der Waals surface area (Å²) in [6.07, 6.45) is -0.352. The molecular formula is C27H40N5O7+. The fourth-order valence-electron chi connectivity index (χ4n) is 4.08. The third kappa shape index (κ3) is 7.14. The lowest BCUT2D eigenvalue weighted by Crippen LogP contribution is -2.42. The number of methoxy groups -OCH3 is 4. The quantitative estimate of drug-likeness (QED) is 0.182. The number of carbonyl (C=O) groups excluding carboxylic acids is 1. The zero-order chi connectivity index (χ0) is 28.7. The first-order chi connectivity index (χ1) is 18.5. The molecule has 0 aliphatic heterocycles. The molecule has 12 heteroatoms. The van der Waals surface area contributed by atoms with E-state index < -0.39 is 0 Å². The van der Waals surface area contributed by atoms with Gasteiger partial charge in [0, 0.05) is 44.1 Å². The molecule has 0 fully saturated rings. The first kappa shape index (κ1) is 30.1. The van der Waals surface area contributed by atoms with Crippen LogP contribution in [0.25, 0.3) is 5.65 Å². The number of nitrogen functional groups attached to an aromatic ring is 1. The molecule has 0 radical (unpaired) electrons. The first-order valence-corrected chi connectivity index (χ1v) is 12.6. The molecule has 2 aromatic heterocycles. The number of carbonyl (C=O) groups is 1. The maximum atomic E-state index is 13.5. The monoisotopic (exact) mass is 546 g/mol. The molecule has 3 rings (SSSR count). The van der Waals surface area contributed by atoms with Gasteiger partial charge in [-0.1, -0.05) is 35.5 Å². The summed E-state index contributed by atoms with van der Waals surface area (Å²) in [6.45, 7) is 9.27. The average molecular weight is 547 g/mol. The van der Waals surface area contributed by atoms with Gasteiger partial charge in [0.1, 0.15) is 12.7 Å². The summed E-state index contributed by atoms with van der Waals surface area (Å²) < 4.78 is 35.9. The van der Waals surface area contributed by atoms with Crippen LogP contribution in [0.5, 0.6) is 17.4 Å². The predicted molar refractivity (Wildman–Crippen MR) is 144 cm³/mol. The van der Waals surface area contributed by atoms with Crippen LogP contribution in [0.1, 0.15) is 42.3 Å². The molecule has 0 aliphatic carbocycles. The first-order valence-electron chi connectivity index (χ1n) is 12.6. The summed E-state index contributed by atoms with van der Waals surface area (Å²) in [6, 6.07) is 5.27. The maximum Gasteiger partial charge on any atom is 0.401 e. The van der Waals surface area contributed by atoms with Crippen LogP contribution < -0.4 is 24.6 Å². The van der Waals surface area contributed by atoms with Crippen molar-refractivity contribution in [3.63, 3.8) is 0 Å². The summed E-state index contributed by atoms with van der Waals surface area (Å²) in [5, 5.41) is 9.03. The van der Waals surface area contributed by atoms with Crippen molar-refractivity contribution in [3.8, 4) is 17.4 Å². The highest BCUT2D eigenvalue weighted by molar-refractivity contribution is 5.96. The van der Waals surface area contributed by atoms with Crippen LogP contribution in [0, 0.1) is 6.92 Å². The molecule has 0 atom stereocenters. The van der Waals surface area contributed by atoms with Gasteiger partial charge in [-0.3, -0.25) is 10.5 Å². The van der Waals surface area contributed by atoms with Crippen LogP contribution >= 0.6 is 0 Å². The summed E-state index contributed by atoms with van der Waals surface area (Å²) in [5.41, 5.74) is 8.67. The molecule has 3 aromatic rings. The highest BCUT2D eigenvalue weighted by Crippen LogP contribution is 2.40. The van der Waals surface area contributed by atoms with Crippen molar-refractivity contribution in [2.75, 3.05) is 60.6 Å². The second kappa shape index (κ2) is 13.0. The van der Waals surface area contributed by atoms with Gasteiger partial charge in [0.2, 0.25) is 5.88 Å². The molecule has 0 bridgehead atoms. The standard InChI is InChI=1S/C27H39N5O7/c1-17-11-23(39-19(15-35-6)16-36-7)29-32-25(17)30-31(26(32)28)14-21(33)18-12-20(27(2,3)4)24(37-8)22(13-18)38-10-9-34-5/h11-13,19,28H,9-10,14-16H2,1-8H3/p+1. The number of aryl methyl sites for hydroxylation is 1. The van der Waals surface area contributed by atoms with Crippen LogP contribution in [-0.4, -0.2) is 81.5 Å². The van der Waals surface area contributed by atoms with Crippen LogP contribution in [0.4, 0.5) is 5.95 Å². The zero-order valence-corrected chi connectivity index (χ0v) is 24.1. The van der Waals surface area contributed by atoms with E-state index in [-0.39, 0.29) is 29.8 Å². The van der Waals surface area contributed by atoms with Crippen LogP contribution in [0.2, 0.25) is 0 Å². The topological polar surface area (TPSA) is 133 Å². The van der Waals surface area contributed by atoms with E-state index in [0.717, 1.165) is 11.1 Å². The van der Waals surface area contributed by atoms with E-state index >= 15 is 0 Å². The van der Waals surface area contributed by atoms with Gasteiger partial charge in [-0.05, 0) is 24.5 Å². The Morgan fingerprint density at radius 1 is 1.05 bits per heavy atom. The summed E-state index contributed by atoms with van der Waals surface area (Å²) in [4.78, 5) is 13.5. The zero-order valence-electron chi connectivity index (χ0n) is 24.1. The molecule has 0 amide bonds. The fraction of sp³-hybridized carbons (Fsp3) is 0.556. The third-order valence-corrected chi connectivity index (χ3v) is 6.01. The number of benzene rings is 1. The van der Waals surface area contributed by atoms with E-state index in [1.165, 1.54) is 9.20 Å². The number of anilines is 1. The van der Waals surface area contributed by atoms with Gasteiger partial charge < -0.3 is 28.4 Å². The molecule has 0 unspecified atom stereocenters. The smallest absolute Gasteiger partial charge is 0.401 e. The Bertz CT molecular complexity index is 1280. The molecule has 2 heterocycles. The lowest BCUT2D eigenvalue weighted by atomic mass is 9.84. The number of Topliss-reactive ketones (excluding diaryl/α,β-unsaturated/α-hetero) is 1. The number of aromatic nitrogens is 4. The minimum absolute atomic E-state index is 0.103. The average Bonchev–Trinajstić information content (AvgIpc) is 3.19. The largest absolute Gasteiger partial charge is 0.493 e. The number of ketones is 1. The Labute approximate surface area is 228 Å². The Morgan fingerprint density at radius 3 is 2.33 bits per heavy atom. The van der Waals surface area contributed by atoms with E-state index in [1.807, 2.05) is 33.8 Å².